The van der Waals surface area contributed by atoms with Gasteiger partial charge in [-0.15, -0.1) is 0 Å². The van der Waals surface area contributed by atoms with Crippen molar-refractivity contribution < 1.29 is 9.53 Å². The van der Waals surface area contributed by atoms with Crippen LogP contribution in [-0.4, -0.2) is 47.6 Å². The number of ether oxygens (including phenoxy) is 1. The van der Waals surface area contributed by atoms with Gasteiger partial charge in [0.2, 0.25) is 0 Å². The number of aromatic amines is 1. The number of carbonyl (C=O) groups excluding carboxylic acids is 1. The molecule has 1 aromatic carbocycles. The number of nitrogens with one attached hydrogen (secondary N) is 1. The fourth-order valence-corrected chi connectivity index (χ4v) is 3.81. The molecule has 134 valence electrons. The minimum absolute atomic E-state index is 0.326. The van der Waals surface area contributed by atoms with Crippen molar-refractivity contribution in [3.63, 3.8) is 0 Å². The van der Waals surface area contributed by atoms with E-state index in [0.717, 1.165) is 23.2 Å². The summed E-state index contributed by atoms with van der Waals surface area (Å²) in [7, 11) is 3.58. The molecule has 0 aliphatic carbocycles. The Labute approximate surface area is 153 Å². The predicted molar refractivity (Wildman–Crippen MR) is 102 cm³/mol. The third kappa shape index (κ3) is 3.10. The maximum Gasteiger partial charge on any atom is 0.356 e. The Morgan fingerprint density at radius 2 is 2.23 bits per heavy atom. The van der Waals surface area contributed by atoms with Gasteiger partial charge in [0, 0.05) is 28.7 Å². The summed E-state index contributed by atoms with van der Waals surface area (Å²) in [5, 5.41) is 1.23. The van der Waals surface area contributed by atoms with Crippen molar-refractivity contribution in [2.24, 2.45) is 0 Å². The number of nitrogens with zero attached hydrogens (tertiary/aromatic N) is 2. The molecule has 5 heteroatoms. The molecule has 1 aliphatic heterocycles. The molecule has 0 bridgehead atoms. The molecule has 1 saturated heterocycles. The molecule has 0 amide bonds. The van der Waals surface area contributed by atoms with Gasteiger partial charge < -0.3 is 14.6 Å². The van der Waals surface area contributed by atoms with E-state index in [2.05, 4.69) is 40.2 Å². The molecule has 3 aromatic rings. The van der Waals surface area contributed by atoms with Crippen LogP contribution in [0.15, 0.2) is 42.6 Å². The molecule has 1 aliphatic rings. The average molecular weight is 349 g/mol. The highest BCUT2D eigenvalue weighted by Crippen LogP contribution is 2.28. The van der Waals surface area contributed by atoms with Crippen molar-refractivity contribution in [3.8, 4) is 11.3 Å². The summed E-state index contributed by atoms with van der Waals surface area (Å²) < 4.78 is 4.78. The minimum atomic E-state index is -0.417. The van der Waals surface area contributed by atoms with Gasteiger partial charge in [-0.3, -0.25) is 0 Å². The molecule has 4 rings (SSSR count). The van der Waals surface area contributed by atoms with Crippen LogP contribution < -0.4 is 0 Å². The van der Waals surface area contributed by atoms with Gasteiger partial charge in [-0.05, 0) is 62.7 Å². The topological polar surface area (TPSA) is 58.2 Å². The van der Waals surface area contributed by atoms with Gasteiger partial charge >= 0.3 is 5.97 Å². The van der Waals surface area contributed by atoms with Crippen molar-refractivity contribution in [2.45, 2.75) is 25.3 Å². The van der Waals surface area contributed by atoms with E-state index in [1.54, 1.807) is 6.07 Å². The summed E-state index contributed by atoms with van der Waals surface area (Å²) in [4.78, 5) is 22.0. The van der Waals surface area contributed by atoms with Gasteiger partial charge in [-0.2, -0.15) is 0 Å². The van der Waals surface area contributed by atoms with E-state index in [1.165, 1.54) is 37.4 Å². The summed E-state index contributed by atoms with van der Waals surface area (Å²) in [6.45, 7) is 1.18. The monoisotopic (exact) mass is 349 g/mol. The van der Waals surface area contributed by atoms with Crippen molar-refractivity contribution in [3.05, 3.63) is 53.9 Å². The second-order valence-corrected chi connectivity index (χ2v) is 6.95. The van der Waals surface area contributed by atoms with E-state index in [9.17, 15) is 4.79 Å². The van der Waals surface area contributed by atoms with Gasteiger partial charge in [-0.1, -0.05) is 12.1 Å². The molecule has 1 N–H and O–H groups in total. The number of likely N-dealkylation sites (tertiary alicyclic amines) is 1. The minimum Gasteiger partial charge on any atom is -0.464 e. The first-order chi connectivity index (χ1) is 12.7. The molecule has 1 atom stereocenters. The van der Waals surface area contributed by atoms with Crippen molar-refractivity contribution in [1.82, 2.24) is 14.9 Å². The van der Waals surface area contributed by atoms with E-state index in [1.807, 2.05) is 18.2 Å². The maximum atomic E-state index is 11.8. The number of likely N-dealkylation sites (N-methyl/N-ethyl adjacent to an activating group) is 1. The Bertz CT molecular complexity index is 947. The Hall–Kier alpha value is -2.66. The molecule has 0 spiro atoms. The van der Waals surface area contributed by atoms with E-state index in [-0.39, 0.29) is 0 Å². The number of benzene rings is 1. The number of hydrogen-bond donors (Lipinski definition) is 1. The Kier molecular flexibility index (Phi) is 4.47. The van der Waals surface area contributed by atoms with Crippen LogP contribution in [0.2, 0.25) is 0 Å². The molecule has 2 aromatic heterocycles. The van der Waals surface area contributed by atoms with Crippen LogP contribution in [0.5, 0.6) is 0 Å². The second-order valence-electron chi connectivity index (χ2n) is 6.95. The zero-order valence-electron chi connectivity index (χ0n) is 15.2. The Morgan fingerprint density at radius 3 is 3.00 bits per heavy atom. The number of pyridine rings is 1. The van der Waals surface area contributed by atoms with Crippen LogP contribution in [0.25, 0.3) is 22.2 Å². The number of methoxy groups -OCH3 is 1. The van der Waals surface area contributed by atoms with Crippen LogP contribution in [0.3, 0.4) is 0 Å². The summed E-state index contributed by atoms with van der Waals surface area (Å²) in [6, 6.07) is 12.3. The lowest BCUT2D eigenvalue weighted by Crippen LogP contribution is -2.26. The van der Waals surface area contributed by atoms with Crippen molar-refractivity contribution in [1.29, 1.82) is 0 Å². The van der Waals surface area contributed by atoms with Gasteiger partial charge in [-0.25, -0.2) is 9.78 Å². The smallest absolute Gasteiger partial charge is 0.356 e. The summed E-state index contributed by atoms with van der Waals surface area (Å²) >= 11 is 0. The Balaban J connectivity index is 1.69. The second kappa shape index (κ2) is 6.92. The first-order valence-electron chi connectivity index (χ1n) is 9.01. The lowest BCUT2D eigenvalue weighted by atomic mass is 10.0. The van der Waals surface area contributed by atoms with E-state index in [0.29, 0.717) is 11.7 Å². The molecular formula is C21H23N3O2. The first kappa shape index (κ1) is 16.8. The predicted octanol–water partition coefficient (Wildman–Crippen LogP) is 3.65. The first-order valence-corrected chi connectivity index (χ1v) is 9.01. The highest BCUT2D eigenvalue weighted by atomic mass is 16.5. The fraction of sp³-hybridized carbons (Fsp3) is 0.333. The maximum absolute atomic E-state index is 11.8. The highest BCUT2D eigenvalue weighted by Gasteiger charge is 2.22. The van der Waals surface area contributed by atoms with E-state index >= 15 is 0 Å². The Morgan fingerprint density at radius 1 is 1.35 bits per heavy atom. The number of hydrogen-bond acceptors (Lipinski definition) is 4. The molecule has 1 fully saturated rings. The molecule has 26 heavy (non-hydrogen) atoms. The van der Waals surface area contributed by atoms with E-state index in [4.69, 9.17) is 4.74 Å². The van der Waals surface area contributed by atoms with Crippen molar-refractivity contribution >= 4 is 16.9 Å². The quantitative estimate of drug-likeness (QED) is 0.731. The van der Waals surface area contributed by atoms with Gasteiger partial charge in [0.05, 0.1) is 12.8 Å². The van der Waals surface area contributed by atoms with Gasteiger partial charge in [0.1, 0.15) is 5.69 Å². The summed E-state index contributed by atoms with van der Waals surface area (Å²) in [5.74, 6) is -0.417. The third-order valence-electron chi connectivity index (χ3n) is 5.33. The van der Waals surface area contributed by atoms with Crippen LogP contribution in [0.1, 0.15) is 28.9 Å². The molecule has 0 unspecified atom stereocenters. The third-order valence-corrected chi connectivity index (χ3v) is 5.33. The zero-order valence-corrected chi connectivity index (χ0v) is 15.2. The zero-order chi connectivity index (χ0) is 18.1. The van der Waals surface area contributed by atoms with Crippen LogP contribution in [0, 0.1) is 0 Å². The highest BCUT2D eigenvalue weighted by molar-refractivity contribution is 5.89. The molecule has 3 heterocycles. The van der Waals surface area contributed by atoms with Crippen LogP contribution in [0.4, 0.5) is 0 Å². The number of H-pyrrole nitrogens is 1. The number of carbonyl (C=O) groups is 1. The summed E-state index contributed by atoms with van der Waals surface area (Å²) in [5.41, 5.74) is 4.58. The SMILES string of the molecule is COC(=O)c1cccc(-c2ccc3[nH]cc(C[C@H]4CCCN4C)c3c2)n1. The average Bonchev–Trinajstić information content (AvgIpc) is 3.27. The number of fused-ring (bicyclic) bond motifs is 1. The van der Waals surface area contributed by atoms with E-state index < -0.39 is 5.97 Å². The number of aromatic nitrogens is 2. The van der Waals surface area contributed by atoms with Crippen molar-refractivity contribution in [2.75, 3.05) is 20.7 Å². The number of rotatable bonds is 4. The van der Waals surface area contributed by atoms with Crippen LogP contribution in [-0.2, 0) is 11.2 Å². The lowest BCUT2D eigenvalue weighted by molar-refractivity contribution is 0.0594. The van der Waals surface area contributed by atoms with Gasteiger partial charge in [0.15, 0.2) is 0 Å². The fourth-order valence-electron chi connectivity index (χ4n) is 3.81. The molecule has 0 saturated carbocycles. The molecular weight excluding hydrogens is 326 g/mol. The van der Waals surface area contributed by atoms with Gasteiger partial charge in [0.25, 0.3) is 0 Å². The normalized spacial score (nSPS) is 17.7. The molecule has 5 nitrogen and oxygen atoms in total. The largest absolute Gasteiger partial charge is 0.464 e. The standard InChI is InChI=1S/C21H23N3O2/c1-24-10-4-5-16(24)11-15-13-22-19-9-8-14(12-17(15)19)18-6-3-7-20(23-18)21(25)26-2/h3,6-9,12-13,16,22H,4-5,10-11H2,1-2H3/t16-/m1/s1. The summed E-state index contributed by atoms with van der Waals surface area (Å²) in [6.07, 6.45) is 5.71. The van der Waals surface area contributed by atoms with Crippen LogP contribution >= 0.6 is 0 Å². The molecule has 0 radical (unpaired) electrons. The lowest BCUT2D eigenvalue weighted by Gasteiger charge is -2.18. The number of esters is 1.